The highest BCUT2D eigenvalue weighted by atomic mass is 16.1. The fraction of sp³-hybridized carbons (Fsp3) is 0.562. The number of hydrogen-bond acceptors (Lipinski definition) is 1. The molecule has 0 radical (unpaired) electrons. The summed E-state index contributed by atoms with van der Waals surface area (Å²) in [5, 5.41) is 3.14. The highest BCUT2D eigenvalue weighted by Gasteiger charge is 2.22. The van der Waals surface area contributed by atoms with E-state index in [0.717, 1.165) is 24.3 Å². The summed E-state index contributed by atoms with van der Waals surface area (Å²) in [7, 11) is 0. The number of carbonyl (C=O) groups excluding carboxylic acids is 1. The minimum absolute atomic E-state index is 0.0735. The second-order valence-electron chi connectivity index (χ2n) is 5.87. The molecule has 1 saturated carbocycles. The van der Waals surface area contributed by atoms with Crippen LogP contribution in [0.3, 0.4) is 0 Å². The van der Waals surface area contributed by atoms with Crippen LogP contribution in [0.25, 0.3) is 0 Å². The fourth-order valence-electron chi connectivity index (χ4n) is 2.63. The quantitative estimate of drug-likeness (QED) is 0.863. The summed E-state index contributed by atoms with van der Waals surface area (Å²) in [6.07, 6.45) is 3.48. The SMILES string of the molecule is CC1CCC(NC(=O)c2ccc(C(C)C)cc2)C1. The topological polar surface area (TPSA) is 29.1 Å². The Morgan fingerprint density at radius 1 is 1.22 bits per heavy atom. The lowest BCUT2D eigenvalue weighted by molar-refractivity contribution is 0.0937. The molecule has 0 aromatic heterocycles. The molecular formula is C16H23NO. The van der Waals surface area contributed by atoms with Crippen molar-refractivity contribution in [3.63, 3.8) is 0 Å². The van der Waals surface area contributed by atoms with Crippen molar-refractivity contribution in [1.82, 2.24) is 5.32 Å². The molecule has 2 atom stereocenters. The van der Waals surface area contributed by atoms with Gasteiger partial charge in [0.1, 0.15) is 0 Å². The first-order valence-corrected chi connectivity index (χ1v) is 6.97. The first-order chi connectivity index (χ1) is 8.56. The number of amides is 1. The van der Waals surface area contributed by atoms with E-state index < -0.39 is 0 Å². The van der Waals surface area contributed by atoms with Crippen molar-refractivity contribution in [3.8, 4) is 0 Å². The van der Waals surface area contributed by atoms with Gasteiger partial charge in [0.25, 0.3) is 5.91 Å². The van der Waals surface area contributed by atoms with Crippen LogP contribution in [0.4, 0.5) is 0 Å². The predicted octanol–water partition coefficient (Wildman–Crippen LogP) is 3.73. The third kappa shape index (κ3) is 3.12. The van der Waals surface area contributed by atoms with E-state index in [1.165, 1.54) is 12.0 Å². The van der Waals surface area contributed by atoms with E-state index in [1.807, 2.05) is 12.1 Å². The second-order valence-corrected chi connectivity index (χ2v) is 5.87. The highest BCUT2D eigenvalue weighted by molar-refractivity contribution is 5.94. The summed E-state index contributed by atoms with van der Waals surface area (Å²) in [5.74, 6) is 1.33. The second kappa shape index (κ2) is 5.55. The minimum Gasteiger partial charge on any atom is -0.349 e. The molecule has 1 aliphatic carbocycles. The van der Waals surface area contributed by atoms with Gasteiger partial charge in [-0.1, -0.05) is 32.9 Å². The van der Waals surface area contributed by atoms with Gasteiger partial charge in [0, 0.05) is 11.6 Å². The van der Waals surface area contributed by atoms with E-state index in [0.29, 0.717) is 12.0 Å². The van der Waals surface area contributed by atoms with Gasteiger partial charge in [0.15, 0.2) is 0 Å². The van der Waals surface area contributed by atoms with Crippen molar-refractivity contribution in [2.45, 2.75) is 52.0 Å². The van der Waals surface area contributed by atoms with Crippen molar-refractivity contribution >= 4 is 5.91 Å². The van der Waals surface area contributed by atoms with Crippen LogP contribution in [0, 0.1) is 5.92 Å². The monoisotopic (exact) mass is 245 g/mol. The van der Waals surface area contributed by atoms with Crippen LogP contribution >= 0.6 is 0 Å². The summed E-state index contributed by atoms with van der Waals surface area (Å²) in [4.78, 5) is 12.1. The van der Waals surface area contributed by atoms with E-state index in [4.69, 9.17) is 0 Å². The normalized spacial score (nSPS) is 23.3. The molecule has 1 aromatic carbocycles. The first-order valence-electron chi connectivity index (χ1n) is 6.97. The third-order valence-electron chi connectivity index (χ3n) is 3.87. The van der Waals surface area contributed by atoms with Crippen molar-refractivity contribution in [1.29, 1.82) is 0 Å². The number of rotatable bonds is 3. The largest absolute Gasteiger partial charge is 0.349 e. The number of hydrogen-bond donors (Lipinski definition) is 1. The molecule has 0 heterocycles. The Morgan fingerprint density at radius 2 is 1.89 bits per heavy atom. The van der Waals surface area contributed by atoms with Gasteiger partial charge in [-0.3, -0.25) is 4.79 Å². The minimum atomic E-state index is 0.0735. The highest BCUT2D eigenvalue weighted by Crippen LogP contribution is 2.25. The molecule has 1 fully saturated rings. The molecule has 2 rings (SSSR count). The lowest BCUT2D eigenvalue weighted by Gasteiger charge is -2.13. The molecule has 1 N–H and O–H groups in total. The molecule has 18 heavy (non-hydrogen) atoms. The van der Waals surface area contributed by atoms with Gasteiger partial charge >= 0.3 is 0 Å². The maximum atomic E-state index is 12.1. The van der Waals surface area contributed by atoms with Crippen LogP contribution in [0.1, 0.15) is 61.9 Å². The number of benzene rings is 1. The molecule has 98 valence electrons. The fourth-order valence-corrected chi connectivity index (χ4v) is 2.63. The van der Waals surface area contributed by atoms with Crippen LogP contribution in [-0.4, -0.2) is 11.9 Å². The van der Waals surface area contributed by atoms with Gasteiger partial charge in [-0.15, -0.1) is 0 Å². The van der Waals surface area contributed by atoms with Gasteiger partial charge in [-0.05, 0) is 48.8 Å². The van der Waals surface area contributed by atoms with Gasteiger partial charge in [0.05, 0.1) is 0 Å². The molecule has 2 heteroatoms. The lowest BCUT2D eigenvalue weighted by atomic mass is 10.0. The molecule has 1 aromatic rings. The van der Waals surface area contributed by atoms with Gasteiger partial charge in [-0.2, -0.15) is 0 Å². The maximum Gasteiger partial charge on any atom is 0.251 e. The lowest BCUT2D eigenvalue weighted by Crippen LogP contribution is -2.32. The smallest absolute Gasteiger partial charge is 0.251 e. The first kappa shape index (κ1) is 13.1. The van der Waals surface area contributed by atoms with E-state index in [9.17, 15) is 4.79 Å². The van der Waals surface area contributed by atoms with Crippen LogP contribution in [-0.2, 0) is 0 Å². The van der Waals surface area contributed by atoms with Crippen LogP contribution in [0.15, 0.2) is 24.3 Å². The van der Waals surface area contributed by atoms with Gasteiger partial charge in [0.2, 0.25) is 0 Å². The number of nitrogens with one attached hydrogen (secondary N) is 1. The molecule has 0 saturated heterocycles. The molecule has 0 spiro atoms. The summed E-state index contributed by atoms with van der Waals surface area (Å²) in [6.45, 7) is 6.58. The summed E-state index contributed by atoms with van der Waals surface area (Å²) < 4.78 is 0. The maximum absolute atomic E-state index is 12.1. The average Bonchev–Trinajstić information content (AvgIpc) is 2.75. The Morgan fingerprint density at radius 3 is 2.39 bits per heavy atom. The van der Waals surface area contributed by atoms with E-state index in [2.05, 4.69) is 38.2 Å². The molecule has 2 nitrogen and oxygen atoms in total. The van der Waals surface area contributed by atoms with Gasteiger partial charge in [-0.25, -0.2) is 0 Å². The Bertz CT molecular complexity index is 408. The zero-order valence-electron chi connectivity index (χ0n) is 11.6. The number of carbonyl (C=O) groups is 1. The summed E-state index contributed by atoms with van der Waals surface area (Å²) in [5.41, 5.74) is 2.06. The Hall–Kier alpha value is -1.31. The van der Waals surface area contributed by atoms with E-state index >= 15 is 0 Å². The molecule has 0 aliphatic heterocycles. The zero-order chi connectivity index (χ0) is 13.1. The molecular weight excluding hydrogens is 222 g/mol. The van der Waals surface area contributed by atoms with Crippen LogP contribution < -0.4 is 5.32 Å². The zero-order valence-corrected chi connectivity index (χ0v) is 11.6. The van der Waals surface area contributed by atoms with Crippen molar-refractivity contribution in [2.75, 3.05) is 0 Å². The standard InChI is InChI=1S/C16H23NO/c1-11(2)13-5-7-14(8-6-13)16(18)17-15-9-4-12(3)10-15/h5-8,11-12,15H,4,9-10H2,1-3H3,(H,17,18). The van der Waals surface area contributed by atoms with E-state index in [1.54, 1.807) is 0 Å². The Labute approximate surface area is 110 Å². The van der Waals surface area contributed by atoms with Gasteiger partial charge < -0.3 is 5.32 Å². The summed E-state index contributed by atoms with van der Waals surface area (Å²) >= 11 is 0. The van der Waals surface area contributed by atoms with Crippen LogP contribution in [0.2, 0.25) is 0 Å². The molecule has 2 unspecified atom stereocenters. The third-order valence-corrected chi connectivity index (χ3v) is 3.87. The van der Waals surface area contributed by atoms with Crippen molar-refractivity contribution in [3.05, 3.63) is 35.4 Å². The van der Waals surface area contributed by atoms with Crippen LogP contribution in [0.5, 0.6) is 0 Å². The molecule has 1 aliphatic rings. The predicted molar refractivity (Wildman–Crippen MR) is 74.8 cm³/mol. The van der Waals surface area contributed by atoms with Crippen molar-refractivity contribution < 1.29 is 4.79 Å². The van der Waals surface area contributed by atoms with Crippen molar-refractivity contribution in [2.24, 2.45) is 5.92 Å². The summed E-state index contributed by atoms with van der Waals surface area (Å²) in [6, 6.07) is 8.34. The molecule has 1 amide bonds. The Kier molecular flexibility index (Phi) is 4.05. The van der Waals surface area contributed by atoms with E-state index in [-0.39, 0.29) is 5.91 Å². The average molecular weight is 245 g/mol. The molecule has 0 bridgehead atoms. The Balaban J connectivity index is 1.96.